The number of nitrogens with one attached hydrogen (secondary N) is 3. The molecule has 0 unspecified atom stereocenters. The van der Waals surface area contributed by atoms with Gasteiger partial charge in [0.05, 0.1) is 23.9 Å². The highest BCUT2D eigenvalue weighted by molar-refractivity contribution is 6.01. The molecule has 0 saturated heterocycles. The lowest BCUT2D eigenvalue weighted by molar-refractivity contribution is -0.137. The largest absolute Gasteiger partial charge is 0.495 e. The number of fused-ring (bicyclic) bond motifs is 1. The summed E-state index contributed by atoms with van der Waals surface area (Å²) >= 11 is 0. The summed E-state index contributed by atoms with van der Waals surface area (Å²) in [6.07, 6.45) is -2.80. The molecule has 1 heterocycles. The lowest BCUT2D eigenvalue weighted by Gasteiger charge is -2.12. The van der Waals surface area contributed by atoms with Crippen LogP contribution in [0.25, 0.3) is 22.0 Å². The molecule has 9 heteroatoms. The number of urea groups is 1. The molecule has 4 rings (SSSR count). The highest BCUT2D eigenvalue weighted by Gasteiger charge is 2.31. The molecule has 0 fully saturated rings. The number of anilines is 2. The number of carbonyl (C=O) groups excluding carboxylic acids is 1. The summed E-state index contributed by atoms with van der Waals surface area (Å²) in [7, 11) is 1.59. The fourth-order valence-corrected chi connectivity index (χ4v) is 3.35. The summed E-state index contributed by atoms with van der Waals surface area (Å²) in [5.41, 5.74) is 1.42. The van der Waals surface area contributed by atoms with Crippen molar-refractivity contribution in [2.75, 3.05) is 17.7 Å². The molecule has 0 aliphatic carbocycles. The Balaban J connectivity index is 1.50. The van der Waals surface area contributed by atoms with Gasteiger partial charge in [-0.2, -0.15) is 13.2 Å². The molecule has 3 aromatic carbocycles. The predicted molar refractivity (Wildman–Crippen MR) is 114 cm³/mol. The topological polar surface area (TPSA) is 66.2 Å². The van der Waals surface area contributed by atoms with E-state index in [1.54, 1.807) is 31.4 Å². The van der Waals surface area contributed by atoms with Gasteiger partial charge in [0.2, 0.25) is 0 Å². The summed E-state index contributed by atoms with van der Waals surface area (Å²) in [6, 6.07) is 13.5. The Kier molecular flexibility index (Phi) is 5.48. The lowest BCUT2D eigenvalue weighted by Crippen LogP contribution is -2.20. The van der Waals surface area contributed by atoms with Crippen LogP contribution in [-0.2, 0) is 6.18 Å². The van der Waals surface area contributed by atoms with Crippen molar-refractivity contribution in [3.8, 4) is 16.9 Å². The third-order valence-corrected chi connectivity index (χ3v) is 4.89. The molecule has 4 aromatic rings. The highest BCUT2D eigenvalue weighted by Crippen LogP contribution is 2.34. The third-order valence-electron chi connectivity index (χ3n) is 4.89. The molecule has 0 spiro atoms. The Hall–Kier alpha value is -4.01. The van der Waals surface area contributed by atoms with E-state index in [-0.39, 0.29) is 0 Å². The number of aromatic nitrogens is 1. The van der Waals surface area contributed by atoms with E-state index in [2.05, 4.69) is 15.6 Å². The average Bonchev–Trinajstić information content (AvgIpc) is 3.19. The SMILES string of the molecule is COc1cccc2c(-c3ccc(NC(=O)Nc4cc(C(F)(F)F)ccc4F)cc3)c[nH]c12. The van der Waals surface area contributed by atoms with Crippen LogP contribution < -0.4 is 15.4 Å². The number of H-pyrrole nitrogens is 1. The van der Waals surface area contributed by atoms with Gasteiger partial charge in [0, 0.05) is 22.8 Å². The highest BCUT2D eigenvalue weighted by atomic mass is 19.4. The van der Waals surface area contributed by atoms with Crippen molar-refractivity contribution >= 4 is 28.3 Å². The van der Waals surface area contributed by atoms with Gasteiger partial charge in [0.1, 0.15) is 11.6 Å². The quantitative estimate of drug-likeness (QED) is 0.309. The number of alkyl halides is 3. The Morgan fingerprint density at radius 3 is 2.44 bits per heavy atom. The number of para-hydroxylation sites is 1. The molecule has 0 saturated carbocycles. The van der Waals surface area contributed by atoms with Crippen molar-refractivity contribution < 1.29 is 27.1 Å². The van der Waals surface area contributed by atoms with Gasteiger partial charge in [-0.3, -0.25) is 0 Å². The first-order valence-electron chi connectivity index (χ1n) is 9.45. The second kappa shape index (κ2) is 8.26. The third kappa shape index (κ3) is 4.22. The van der Waals surface area contributed by atoms with Crippen LogP contribution in [0.5, 0.6) is 5.75 Å². The van der Waals surface area contributed by atoms with Gasteiger partial charge in [-0.1, -0.05) is 24.3 Å². The minimum Gasteiger partial charge on any atom is -0.495 e. The van der Waals surface area contributed by atoms with E-state index in [1.807, 2.05) is 24.4 Å². The van der Waals surface area contributed by atoms with Crippen LogP contribution in [0.2, 0.25) is 0 Å². The molecule has 1 aromatic heterocycles. The maximum Gasteiger partial charge on any atom is 0.416 e. The number of aromatic amines is 1. The minimum absolute atomic E-state index is 0.385. The van der Waals surface area contributed by atoms with E-state index in [1.165, 1.54) is 0 Å². The second-order valence-corrected chi connectivity index (χ2v) is 6.93. The maximum absolute atomic E-state index is 13.8. The Morgan fingerprint density at radius 1 is 1.00 bits per heavy atom. The molecular weight excluding hydrogens is 426 g/mol. The molecule has 164 valence electrons. The van der Waals surface area contributed by atoms with Crippen LogP contribution >= 0.6 is 0 Å². The standard InChI is InChI=1S/C23H17F4N3O2/c1-32-20-4-2-3-16-17(12-28-21(16)20)13-5-8-15(9-6-13)29-22(31)30-19-11-14(23(25,26)27)7-10-18(19)24/h2-12,28H,1H3,(H2,29,30,31). The van der Waals surface area contributed by atoms with Gasteiger partial charge in [-0.05, 0) is 42.0 Å². The summed E-state index contributed by atoms with van der Waals surface area (Å²) in [4.78, 5) is 15.3. The number of carbonyl (C=O) groups is 1. The Bertz CT molecular complexity index is 1280. The van der Waals surface area contributed by atoms with E-state index in [0.29, 0.717) is 29.6 Å². The monoisotopic (exact) mass is 443 g/mol. The normalized spacial score (nSPS) is 11.4. The lowest BCUT2D eigenvalue weighted by atomic mass is 10.0. The van der Waals surface area contributed by atoms with Gasteiger partial charge in [-0.15, -0.1) is 0 Å². The molecular formula is C23H17F4N3O2. The molecule has 0 bridgehead atoms. The zero-order chi connectivity index (χ0) is 22.9. The first-order chi connectivity index (χ1) is 15.3. The van der Waals surface area contributed by atoms with Crippen molar-refractivity contribution in [3.05, 3.63) is 78.2 Å². The van der Waals surface area contributed by atoms with Crippen molar-refractivity contribution in [2.24, 2.45) is 0 Å². The van der Waals surface area contributed by atoms with Gasteiger partial charge in [-0.25, -0.2) is 9.18 Å². The molecule has 0 aliphatic heterocycles. The van der Waals surface area contributed by atoms with Crippen molar-refractivity contribution in [3.63, 3.8) is 0 Å². The molecule has 0 atom stereocenters. The van der Waals surface area contributed by atoms with Crippen molar-refractivity contribution in [1.29, 1.82) is 0 Å². The first-order valence-corrected chi connectivity index (χ1v) is 9.45. The number of halogens is 4. The van der Waals surface area contributed by atoms with Crippen molar-refractivity contribution in [1.82, 2.24) is 4.98 Å². The summed E-state index contributed by atoms with van der Waals surface area (Å²) < 4.78 is 57.6. The molecule has 0 radical (unpaired) electrons. The molecule has 3 N–H and O–H groups in total. The van der Waals surface area contributed by atoms with E-state index in [4.69, 9.17) is 4.74 Å². The average molecular weight is 443 g/mol. The predicted octanol–water partition coefficient (Wildman–Crippen LogP) is 6.65. The number of rotatable bonds is 4. The summed E-state index contributed by atoms with van der Waals surface area (Å²) in [6.45, 7) is 0. The van der Waals surface area contributed by atoms with Crippen LogP contribution in [0.3, 0.4) is 0 Å². The van der Waals surface area contributed by atoms with Crippen LogP contribution in [0.15, 0.2) is 66.9 Å². The van der Waals surface area contributed by atoms with E-state index < -0.39 is 29.3 Å². The number of hydrogen-bond donors (Lipinski definition) is 3. The zero-order valence-corrected chi connectivity index (χ0v) is 16.7. The first kappa shape index (κ1) is 21.2. The van der Waals surface area contributed by atoms with Crippen LogP contribution in [0.4, 0.5) is 33.7 Å². The summed E-state index contributed by atoms with van der Waals surface area (Å²) in [5, 5.41) is 5.55. The van der Waals surface area contributed by atoms with Gasteiger partial charge >= 0.3 is 12.2 Å². The number of amides is 2. The Morgan fingerprint density at radius 2 is 1.75 bits per heavy atom. The molecule has 0 aliphatic rings. The van der Waals surface area contributed by atoms with E-state index in [0.717, 1.165) is 22.0 Å². The van der Waals surface area contributed by atoms with Crippen LogP contribution in [0.1, 0.15) is 5.56 Å². The zero-order valence-electron chi connectivity index (χ0n) is 16.7. The van der Waals surface area contributed by atoms with Gasteiger partial charge in [0.25, 0.3) is 0 Å². The van der Waals surface area contributed by atoms with Gasteiger partial charge in [0.15, 0.2) is 0 Å². The maximum atomic E-state index is 13.8. The second-order valence-electron chi connectivity index (χ2n) is 6.93. The van der Waals surface area contributed by atoms with Crippen LogP contribution in [0, 0.1) is 5.82 Å². The number of ether oxygens (including phenoxy) is 1. The fraction of sp³-hybridized carbons (Fsp3) is 0.0870. The Labute approximate surface area is 180 Å². The number of hydrogen-bond acceptors (Lipinski definition) is 2. The molecule has 5 nitrogen and oxygen atoms in total. The van der Waals surface area contributed by atoms with E-state index in [9.17, 15) is 22.4 Å². The number of methoxy groups -OCH3 is 1. The number of benzene rings is 3. The molecule has 2 amide bonds. The van der Waals surface area contributed by atoms with E-state index >= 15 is 0 Å². The van der Waals surface area contributed by atoms with Crippen molar-refractivity contribution in [2.45, 2.75) is 6.18 Å². The van der Waals surface area contributed by atoms with Crippen LogP contribution in [-0.4, -0.2) is 18.1 Å². The van der Waals surface area contributed by atoms with Gasteiger partial charge < -0.3 is 20.4 Å². The minimum atomic E-state index is -4.65. The fourth-order valence-electron chi connectivity index (χ4n) is 3.35. The molecule has 32 heavy (non-hydrogen) atoms. The smallest absolute Gasteiger partial charge is 0.416 e. The summed E-state index contributed by atoms with van der Waals surface area (Å²) in [5.74, 6) is -0.260.